The number of rotatable bonds is 2. The lowest BCUT2D eigenvalue weighted by atomic mass is 10.1. The van der Waals surface area contributed by atoms with Crippen LogP contribution in [0.3, 0.4) is 0 Å². The Hall–Kier alpha value is -3.01. The van der Waals surface area contributed by atoms with E-state index in [0.29, 0.717) is 24.4 Å². The van der Waals surface area contributed by atoms with Crippen LogP contribution in [0, 0.1) is 11.3 Å². The van der Waals surface area contributed by atoms with E-state index < -0.39 is 5.60 Å². The zero-order valence-corrected chi connectivity index (χ0v) is 14.9. The number of nitrogens with zero attached hydrogens (tertiary/aromatic N) is 3. The van der Waals surface area contributed by atoms with E-state index >= 15 is 0 Å². The lowest BCUT2D eigenvalue weighted by Gasteiger charge is -2.24. The number of nitrogens with one attached hydrogen (secondary N) is 1. The third-order valence-electron chi connectivity index (χ3n) is 4.51. The van der Waals surface area contributed by atoms with Crippen LogP contribution in [0.15, 0.2) is 24.4 Å². The van der Waals surface area contributed by atoms with E-state index in [1.165, 1.54) is 0 Å². The Morgan fingerprint density at radius 2 is 2.19 bits per heavy atom. The van der Waals surface area contributed by atoms with E-state index in [2.05, 4.69) is 21.3 Å². The van der Waals surface area contributed by atoms with E-state index in [1.807, 2.05) is 39.0 Å². The monoisotopic (exact) mass is 352 g/mol. The molecule has 0 bridgehead atoms. The summed E-state index contributed by atoms with van der Waals surface area (Å²) in [7, 11) is 0. The number of carbonyl (C=O) groups excluding carboxylic acids is 1. The SMILES string of the molecule is CC(C)(C)Oc1cc2c(N3C[C@@H]4OC(=O)N[C@@H]4C3)nccc2cc1C#N. The molecule has 4 rings (SSSR count). The highest BCUT2D eigenvalue weighted by molar-refractivity contribution is 5.94. The van der Waals surface area contributed by atoms with Gasteiger partial charge in [-0.15, -0.1) is 0 Å². The van der Waals surface area contributed by atoms with Crippen molar-refractivity contribution in [2.75, 3.05) is 18.0 Å². The average molecular weight is 352 g/mol. The Balaban J connectivity index is 1.75. The van der Waals surface area contributed by atoms with Gasteiger partial charge in [-0.1, -0.05) is 0 Å². The molecular formula is C19H20N4O3. The number of fused-ring (bicyclic) bond motifs is 2. The molecule has 134 valence electrons. The van der Waals surface area contributed by atoms with Gasteiger partial charge >= 0.3 is 6.09 Å². The van der Waals surface area contributed by atoms with Gasteiger partial charge < -0.3 is 19.7 Å². The molecule has 0 spiro atoms. The smallest absolute Gasteiger partial charge is 0.407 e. The molecule has 7 nitrogen and oxygen atoms in total. The summed E-state index contributed by atoms with van der Waals surface area (Å²) in [6, 6.07) is 7.78. The number of pyridine rings is 1. The van der Waals surface area contributed by atoms with Gasteiger partial charge in [0.2, 0.25) is 0 Å². The van der Waals surface area contributed by atoms with Crippen LogP contribution >= 0.6 is 0 Å². The molecule has 2 aliphatic heterocycles. The summed E-state index contributed by atoms with van der Waals surface area (Å²) in [6.07, 6.45) is 1.21. The molecule has 2 aromatic rings. The maximum absolute atomic E-state index is 11.3. The molecule has 7 heteroatoms. The molecule has 0 unspecified atom stereocenters. The van der Waals surface area contributed by atoms with Crippen molar-refractivity contribution in [1.29, 1.82) is 5.26 Å². The Morgan fingerprint density at radius 1 is 1.38 bits per heavy atom. The minimum absolute atomic E-state index is 0.0248. The fourth-order valence-corrected chi connectivity index (χ4v) is 3.47. The zero-order valence-electron chi connectivity index (χ0n) is 14.9. The van der Waals surface area contributed by atoms with E-state index in [-0.39, 0.29) is 18.2 Å². The molecule has 2 saturated heterocycles. The van der Waals surface area contributed by atoms with Crippen LogP contribution in [0.1, 0.15) is 26.3 Å². The second-order valence-corrected chi connectivity index (χ2v) is 7.63. The van der Waals surface area contributed by atoms with Crippen LogP contribution in [0.2, 0.25) is 0 Å². The number of hydrogen-bond acceptors (Lipinski definition) is 6. The van der Waals surface area contributed by atoms with Crippen molar-refractivity contribution in [3.63, 3.8) is 0 Å². The fourth-order valence-electron chi connectivity index (χ4n) is 3.47. The summed E-state index contributed by atoms with van der Waals surface area (Å²) in [6.45, 7) is 7.07. The number of ether oxygens (including phenoxy) is 2. The van der Waals surface area contributed by atoms with Crippen LogP contribution < -0.4 is 15.0 Å². The number of carbonyl (C=O) groups is 1. The first-order chi connectivity index (χ1) is 12.3. The summed E-state index contributed by atoms with van der Waals surface area (Å²) < 4.78 is 11.3. The molecule has 1 N–H and O–H groups in total. The molecule has 2 fully saturated rings. The molecule has 1 amide bonds. The highest BCUT2D eigenvalue weighted by Gasteiger charge is 2.42. The Morgan fingerprint density at radius 3 is 2.88 bits per heavy atom. The van der Waals surface area contributed by atoms with Crippen molar-refractivity contribution in [1.82, 2.24) is 10.3 Å². The first-order valence-electron chi connectivity index (χ1n) is 8.58. The van der Waals surface area contributed by atoms with Gasteiger partial charge in [0.15, 0.2) is 0 Å². The molecular weight excluding hydrogens is 332 g/mol. The number of benzene rings is 1. The van der Waals surface area contributed by atoms with Gasteiger partial charge in [-0.25, -0.2) is 9.78 Å². The molecule has 0 aliphatic carbocycles. The first-order valence-corrected chi connectivity index (χ1v) is 8.58. The third kappa shape index (κ3) is 2.88. The number of anilines is 1. The first kappa shape index (κ1) is 16.5. The molecule has 2 atom stereocenters. The summed E-state index contributed by atoms with van der Waals surface area (Å²) in [5.41, 5.74) is 0.0863. The van der Waals surface area contributed by atoms with Crippen molar-refractivity contribution in [2.45, 2.75) is 38.5 Å². The Bertz CT molecular complexity index is 913. The highest BCUT2D eigenvalue weighted by atomic mass is 16.6. The van der Waals surface area contributed by atoms with E-state index in [4.69, 9.17) is 9.47 Å². The van der Waals surface area contributed by atoms with Gasteiger partial charge in [0, 0.05) is 18.1 Å². The topological polar surface area (TPSA) is 87.5 Å². The predicted octanol–water partition coefficient (Wildman–Crippen LogP) is 2.58. The molecule has 0 saturated carbocycles. The fraction of sp³-hybridized carbons (Fsp3) is 0.421. The van der Waals surface area contributed by atoms with Gasteiger partial charge in [-0.2, -0.15) is 5.26 Å². The molecule has 2 aliphatic rings. The molecule has 0 radical (unpaired) electrons. The largest absolute Gasteiger partial charge is 0.487 e. The van der Waals surface area contributed by atoms with Crippen LogP contribution in [-0.2, 0) is 4.74 Å². The molecule has 3 heterocycles. The number of nitriles is 1. The maximum Gasteiger partial charge on any atom is 0.407 e. The Labute approximate surface area is 151 Å². The quantitative estimate of drug-likeness (QED) is 0.894. The van der Waals surface area contributed by atoms with Gasteiger partial charge in [0.05, 0.1) is 18.2 Å². The van der Waals surface area contributed by atoms with Crippen molar-refractivity contribution in [2.24, 2.45) is 0 Å². The minimum Gasteiger partial charge on any atom is -0.487 e. The van der Waals surface area contributed by atoms with E-state index in [0.717, 1.165) is 16.6 Å². The van der Waals surface area contributed by atoms with Crippen LogP contribution in [0.4, 0.5) is 10.6 Å². The van der Waals surface area contributed by atoms with Crippen molar-refractivity contribution in [3.8, 4) is 11.8 Å². The molecule has 26 heavy (non-hydrogen) atoms. The minimum atomic E-state index is -0.412. The summed E-state index contributed by atoms with van der Waals surface area (Å²) in [5, 5.41) is 14.1. The summed E-state index contributed by atoms with van der Waals surface area (Å²) >= 11 is 0. The van der Waals surface area contributed by atoms with Crippen molar-refractivity contribution < 1.29 is 14.3 Å². The molecule has 1 aromatic heterocycles. The lowest BCUT2D eigenvalue weighted by molar-refractivity contribution is 0.130. The van der Waals surface area contributed by atoms with Gasteiger partial charge in [-0.3, -0.25) is 0 Å². The Kier molecular flexibility index (Phi) is 3.65. The third-order valence-corrected chi connectivity index (χ3v) is 4.51. The second kappa shape index (κ2) is 5.77. The van der Waals surface area contributed by atoms with Gasteiger partial charge in [-0.05, 0) is 44.4 Å². The van der Waals surface area contributed by atoms with E-state index in [1.54, 1.807) is 6.20 Å². The summed E-state index contributed by atoms with van der Waals surface area (Å²) in [5.74, 6) is 1.35. The standard InChI is InChI=1S/C19H20N4O3/c1-19(2,3)26-15-7-13-11(6-12(15)8-20)4-5-21-17(13)23-9-14-16(10-23)25-18(24)22-14/h4-7,14,16H,9-10H2,1-3H3,(H,22,24)/t14-,16+/m1/s1. The predicted molar refractivity (Wildman–Crippen MR) is 96.2 cm³/mol. The van der Waals surface area contributed by atoms with Crippen LogP contribution in [0.25, 0.3) is 10.8 Å². The molecule has 1 aromatic carbocycles. The average Bonchev–Trinajstić information content (AvgIpc) is 3.09. The van der Waals surface area contributed by atoms with E-state index in [9.17, 15) is 10.1 Å². The highest BCUT2D eigenvalue weighted by Crippen LogP contribution is 2.34. The van der Waals surface area contributed by atoms with Gasteiger partial charge in [0.25, 0.3) is 0 Å². The lowest BCUT2D eigenvalue weighted by Crippen LogP contribution is -2.32. The van der Waals surface area contributed by atoms with Crippen LogP contribution in [0.5, 0.6) is 5.75 Å². The number of amides is 1. The van der Waals surface area contributed by atoms with Crippen molar-refractivity contribution >= 4 is 22.7 Å². The van der Waals surface area contributed by atoms with Crippen LogP contribution in [-0.4, -0.2) is 41.9 Å². The van der Waals surface area contributed by atoms with Gasteiger partial charge in [0.1, 0.15) is 29.3 Å². The summed E-state index contributed by atoms with van der Waals surface area (Å²) in [4.78, 5) is 18.0. The number of alkyl carbamates (subject to hydrolysis) is 1. The zero-order chi connectivity index (χ0) is 18.5. The number of hydrogen-bond donors (Lipinski definition) is 1. The second-order valence-electron chi connectivity index (χ2n) is 7.63. The maximum atomic E-state index is 11.3. The number of aromatic nitrogens is 1. The normalized spacial score (nSPS) is 21.9. The van der Waals surface area contributed by atoms with Crippen molar-refractivity contribution in [3.05, 3.63) is 30.0 Å².